The second-order valence-electron chi connectivity index (χ2n) is 4.73. The lowest BCUT2D eigenvalue weighted by Gasteiger charge is -2.34. The second-order valence-corrected chi connectivity index (χ2v) is 6.44. The van der Waals surface area contributed by atoms with Crippen molar-refractivity contribution in [3.8, 4) is 0 Å². The number of methoxy groups -OCH3 is 1. The van der Waals surface area contributed by atoms with E-state index in [0.29, 0.717) is 13.1 Å². The molecule has 8 heteroatoms. The highest BCUT2D eigenvalue weighted by molar-refractivity contribution is 7.89. The van der Waals surface area contributed by atoms with Gasteiger partial charge < -0.3 is 10.5 Å². The van der Waals surface area contributed by atoms with Crippen LogP contribution < -0.4 is 10.5 Å². The van der Waals surface area contributed by atoms with Crippen molar-refractivity contribution in [1.29, 1.82) is 0 Å². The Morgan fingerprint density at radius 2 is 2.32 bits per heavy atom. The minimum atomic E-state index is -3.48. The molecule has 1 saturated carbocycles. The molecule has 0 bridgehead atoms. The summed E-state index contributed by atoms with van der Waals surface area (Å²) in [5, 5.41) is 4.02. The van der Waals surface area contributed by atoms with Crippen molar-refractivity contribution in [2.45, 2.75) is 42.8 Å². The molecule has 1 heterocycles. The van der Waals surface area contributed by atoms with Crippen molar-refractivity contribution < 1.29 is 13.2 Å². The molecule has 0 spiro atoms. The highest BCUT2D eigenvalue weighted by Gasteiger charge is 2.33. The Balaban J connectivity index is 1.94. The van der Waals surface area contributed by atoms with Gasteiger partial charge in [-0.1, -0.05) is 0 Å². The lowest BCUT2D eigenvalue weighted by Crippen LogP contribution is -2.47. The average Bonchev–Trinajstić information content (AvgIpc) is 2.80. The van der Waals surface area contributed by atoms with Gasteiger partial charge in [0.25, 0.3) is 0 Å². The molecule has 1 aromatic rings. The van der Waals surface area contributed by atoms with E-state index in [4.69, 9.17) is 10.5 Å². The zero-order valence-electron chi connectivity index (χ0n) is 10.9. The normalized spacial score (nSPS) is 23.3. The van der Waals surface area contributed by atoms with Gasteiger partial charge in [0.15, 0.2) is 0 Å². The number of nitrogens with one attached hydrogen (secondary N) is 1. The molecule has 0 atom stereocenters. The molecule has 0 aliphatic heterocycles. The summed E-state index contributed by atoms with van der Waals surface area (Å²) in [7, 11) is -1.84. The molecule has 0 saturated heterocycles. The number of rotatable bonds is 7. The number of nitrogens with zero attached hydrogens (tertiary/aromatic N) is 2. The first-order valence-corrected chi connectivity index (χ1v) is 7.81. The van der Waals surface area contributed by atoms with E-state index in [0.717, 1.165) is 19.3 Å². The molecule has 7 nitrogen and oxygen atoms in total. The van der Waals surface area contributed by atoms with Gasteiger partial charge in [0.2, 0.25) is 10.0 Å². The summed E-state index contributed by atoms with van der Waals surface area (Å²) in [6, 6.07) is -0.0395. The lowest BCUT2D eigenvalue weighted by atomic mass is 9.90. The Morgan fingerprint density at radius 1 is 1.58 bits per heavy atom. The third kappa shape index (κ3) is 3.53. The SMILES string of the molecule is COC1CC(NS(=O)(=O)c2cnn(CCCN)c2)C1. The van der Waals surface area contributed by atoms with Crippen molar-refractivity contribution in [3.63, 3.8) is 0 Å². The van der Waals surface area contributed by atoms with Crippen LogP contribution in [0.4, 0.5) is 0 Å². The average molecular weight is 288 g/mol. The summed E-state index contributed by atoms with van der Waals surface area (Å²) in [6.07, 6.45) is 5.27. The van der Waals surface area contributed by atoms with Gasteiger partial charge in [-0.3, -0.25) is 4.68 Å². The first-order valence-electron chi connectivity index (χ1n) is 6.33. The fourth-order valence-corrected chi connectivity index (χ4v) is 3.21. The monoisotopic (exact) mass is 288 g/mol. The Labute approximate surface area is 113 Å². The fourth-order valence-electron chi connectivity index (χ4n) is 2.00. The van der Waals surface area contributed by atoms with E-state index in [1.165, 1.54) is 12.4 Å². The number of hydrogen-bond acceptors (Lipinski definition) is 5. The largest absolute Gasteiger partial charge is 0.381 e. The van der Waals surface area contributed by atoms with Crippen molar-refractivity contribution in [2.75, 3.05) is 13.7 Å². The summed E-state index contributed by atoms with van der Waals surface area (Å²) in [6.45, 7) is 1.18. The van der Waals surface area contributed by atoms with Gasteiger partial charge in [-0.25, -0.2) is 13.1 Å². The molecule has 1 fully saturated rings. The van der Waals surface area contributed by atoms with E-state index in [-0.39, 0.29) is 17.0 Å². The minimum Gasteiger partial charge on any atom is -0.381 e. The molecule has 1 aromatic heterocycles. The molecular formula is C11H20N4O3S. The highest BCUT2D eigenvalue weighted by atomic mass is 32.2. The van der Waals surface area contributed by atoms with Gasteiger partial charge in [-0.15, -0.1) is 0 Å². The third-order valence-corrected chi connectivity index (χ3v) is 4.74. The topological polar surface area (TPSA) is 99.2 Å². The maximum absolute atomic E-state index is 12.1. The summed E-state index contributed by atoms with van der Waals surface area (Å²) in [4.78, 5) is 0.199. The summed E-state index contributed by atoms with van der Waals surface area (Å²) in [5.74, 6) is 0. The molecule has 108 valence electrons. The van der Waals surface area contributed by atoms with Crippen LogP contribution in [-0.4, -0.2) is 44.0 Å². The van der Waals surface area contributed by atoms with Gasteiger partial charge in [0, 0.05) is 25.9 Å². The first-order chi connectivity index (χ1) is 9.05. The van der Waals surface area contributed by atoms with E-state index < -0.39 is 10.0 Å². The summed E-state index contributed by atoms with van der Waals surface area (Å²) in [5.41, 5.74) is 5.40. The van der Waals surface area contributed by atoms with Crippen LogP contribution in [0.15, 0.2) is 17.3 Å². The molecule has 2 rings (SSSR count). The molecule has 0 amide bonds. The van der Waals surface area contributed by atoms with Crippen molar-refractivity contribution in [3.05, 3.63) is 12.4 Å². The van der Waals surface area contributed by atoms with Crippen LogP contribution in [0.25, 0.3) is 0 Å². The van der Waals surface area contributed by atoms with Gasteiger partial charge >= 0.3 is 0 Å². The van der Waals surface area contributed by atoms with Crippen molar-refractivity contribution in [2.24, 2.45) is 5.73 Å². The lowest BCUT2D eigenvalue weighted by molar-refractivity contribution is 0.0236. The Bertz CT molecular complexity index is 508. The maximum Gasteiger partial charge on any atom is 0.243 e. The standard InChI is InChI=1S/C11H20N4O3S/c1-18-10-5-9(6-10)14-19(16,17)11-7-13-15(8-11)4-2-3-12/h7-10,14H,2-6,12H2,1H3. The van der Waals surface area contributed by atoms with Crippen LogP contribution in [0.1, 0.15) is 19.3 Å². The van der Waals surface area contributed by atoms with E-state index >= 15 is 0 Å². The maximum atomic E-state index is 12.1. The molecule has 0 radical (unpaired) electrons. The van der Waals surface area contributed by atoms with Crippen molar-refractivity contribution >= 4 is 10.0 Å². The number of hydrogen-bond donors (Lipinski definition) is 2. The first kappa shape index (κ1) is 14.4. The molecular weight excluding hydrogens is 268 g/mol. The van der Waals surface area contributed by atoms with E-state index in [2.05, 4.69) is 9.82 Å². The molecule has 3 N–H and O–H groups in total. The van der Waals surface area contributed by atoms with Gasteiger partial charge in [-0.05, 0) is 25.8 Å². The molecule has 0 unspecified atom stereocenters. The van der Waals surface area contributed by atoms with Crippen LogP contribution in [0.2, 0.25) is 0 Å². The van der Waals surface area contributed by atoms with Gasteiger partial charge in [0.05, 0.1) is 12.3 Å². The number of ether oxygens (including phenoxy) is 1. The number of nitrogens with two attached hydrogens (primary N) is 1. The molecule has 0 aromatic carbocycles. The smallest absolute Gasteiger partial charge is 0.243 e. The van der Waals surface area contributed by atoms with Gasteiger partial charge in [0.1, 0.15) is 4.90 Å². The van der Waals surface area contributed by atoms with Crippen molar-refractivity contribution in [1.82, 2.24) is 14.5 Å². The minimum absolute atomic E-state index is 0.0395. The Morgan fingerprint density at radius 3 is 2.95 bits per heavy atom. The predicted octanol–water partition coefficient (Wildman–Crippen LogP) is -0.312. The van der Waals surface area contributed by atoms with E-state index in [1.807, 2.05) is 0 Å². The highest BCUT2D eigenvalue weighted by Crippen LogP contribution is 2.24. The number of aromatic nitrogens is 2. The quantitative estimate of drug-likeness (QED) is 0.717. The number of aryl methyl sites for hydroxylation is 1. The predicted molar refractivity (Wildman–Crippen MR) is 70.0 cm³/mol. The van der Waals surface area contributed by atoms with Crippen LogP contribution in [0.5, 0.6) is 0 Å². The second kappa shape index (κ2) is 6.00. The zero-order chi connectivity index (χ0) is 13.9. The Kier molecular flexibility index (Phi) is 4.56. The summed E-state index contributed by atoms with van der Waals surface area (Å²) >= 11 is 0. The van der Waals surface area contributed by atoms with E-state index in [1.54, 1.807) is 11.8 Å². The summed E-state index contributed by atoms with van der Waals surface area (Å²) < 4.78 is 33.6. The molecule has 1 aliphatic rings. The Hall–Kier alpha value is -0.960. The van der Waals surface area contributed by atoms with Crippen LogP contribution in [0, 0.1) is 0 Å². The zero-order valence-corrected chi connectivity index (χ0v) is 11.8. The van der Waals surface area contributed by atoms with E-state index in [9.17, 15) is 8.42 Å². The van der Waals surface area contributed by atoms with Crippen LogP contribution in [0.3, 0.4) is 0 Å². The van der Waals surface area contributed by atoms with Crippen LogP contribution in [-0.2, 0) is 21.3 Å². The number of sulfonamides is 1. The fraction of sp³-hybridized carbons (Fsp3) is 0.727. The third-order valence-electron chi connectivity index (χ3n) is 3.26. The van der Waals surface area contributed by atoms with Gasteiger partial charge in [-0.2, -0.15) is 5.10 Å². The molecule has 1 aliphatic carbocycles. The molecule has 19 heavy (non-hydrogen) atoms. The van der Waals surface area contributed by atoms with Crippen LogP contribution >= 0.6 is 0 Å².